The average Bonchev–Trinajstić information content (AvgIpc) is 2.72. The summed E-state index contributed by atoms with van der Waals surface area (Å²) in [5.74, 6) is 0.709. The van der Waals surface area contributed by atoms with Crippen LogP contribution in [-0.2, 0) is 6.54 Å². The van der Waals surface area contributed by atoms with Crippen molar-refractivity contribution in [2.24, 2.45) is 0 Å². The van der Waals surface area contributed by atoms with E-state index >= 15 is 0 Å². The highest BCUT2D eigenvalue weighted by Gasteiger charge is 2.11. The van der Waals surface area contributed by atoms with E-state index in [9.17, 15) is 9.59 Å². The minimum atomic E-state index is -0.447. The maximum atomic E-state index is 13.1. The Hall–Kier alpha value is -3.38. The molecule has 4 rings (SSSR count). The number of methoxy groups -OCH3 is 1. The van der Waals surface area contributed by atoms with Crippen molar-refractivity contribution in [1.29, 1.82) is 0 Å². The van der Waals surface area contributed by atoms with Crippen LogP contribution < -0.4 is 16.0 Å². The Morgan fingerprint density at radius 2 is 1.79 bits per heavy atom. The smallest absolute Gasteiger partial charge is 0.335 e. The van der Waals surface area contributed by atoms with Crippen LogP contribution in [0.2, 0.25) is 5.02 Å². The molecule has 0 bridgehead atoms. The van der Waals surface area contributed by atoms with Gasteiger partial charge in [0.25, 0.3) is 5.56 Å². The van der Waals surface area contributed by atoms with Gasteiger partial charge in [-0.25, -0.2) is 4.79 Å². The van der Waals surface area contributed by atoms with Crippen molar-refractivity contribution in [3.63, 3.8) is 0 Å². The van der Waals surface area contributed by atoms with E-state index in [1.807, 2.05) is 24.3 Å². The molecule has 0 atom stereocenters. The van der Waals surface area contributed by atoms with Gasteiger partial charge in [0.2, 0.25) is 0 Å². The quantitative estimate of drug-likeness (QED) is 0.533. The van der Waals surface area contributed by atoms with Gasteiger partial charge in [0, 0.05) is 29.2 Å². The van der Waals surface area contributed by atoms with Gasteiger partial charge in [-0.1, -0.05) is 35.9 Å². The zero-order valence-corrected chi connectivity index (χ0v) is 15.8. The van der Waals surface area contributed by atoms with Crippen LogP contribution >= 0.6 is 11.6 Å². The van der Waals surface area contributed by atoms with Gasteiger partial charge in [-0.05, 0) is 23.8 Å². The number of benzene rings is 2. The number of hydrogen-bond donors (Lipinski definition) is 0. The Kier molecular flexibility index (Phi) is 4.71. The molecule has 140 valence electrons. The Balaban J connectivity index is 1.85. The molecular weight excluding hydrogens is 378 g/mol. The highest BCUT2D eigenvalue weighted by atomic mass is 35.5. The van der Waals surface area contributed by atoms with E-state index in [1.54, 1.807) is 37.7 Å². The lowest BCUT2D eigenvalue weighted by atomic mass is 10.1. The lowest BCUT2D eigenvalue weighted by Crippen LogP contribution is -2.38. The molecule has 0 aliphatic carbocycles. The van der Waals surface area contributed by atoms with Crippen molar-refractivity contribution in [3.8, 4) is 11.4 Å². The van der Waals surface area contributed by atoms with Gasteiger partial charge in [0.05, 0.1) is 30.6 Å². The maximum Gasteiger partial charge on any atom is 0.335 e. The van der Waals surface area contributed by atoms with Crippen LogP contribution in [0.4, 0.5) is 0 Å². The standard InChI is InChI=1S/C21H16ClN3O3/c1-28-15-7-5-14(6-8-15)13-25-20(26)9-10-24(21(25)27)19-12-23-11-17-16(19)3-2-4-18(17)22/h2-12H,13H2,1H3. The van der Waals surface area contributed by atoms with E-state index in [1.165, 1.54) is 21.4 Å². The molecule has 2 aromatic heterocycles. The van der Waals surface area contributed by atoms with Crippen LogP contribution in [0.1, 0.15) is 5.56 Å². The third-order valence-corrected chi connectivity index (χ3v) is 4.89. The molecule has 0 saturated carbocycles. The summed E-state index contributed by atoms with van der Waals surface area (Å²) in [5.41, 5.74) is 0.561. The summed E-state index contributed by atoms with van der Waals surface area (Å²) >= 11 is 6.25. The van der Waals surface area contributed by atoms with Crippen molar-refractivity contribution in [2.75, 3.05) is 7.11 Å². The third-order valence-electron chi connectivity index (χ3n) is 4.56. The summed E-state index contributed by atoms with van der Waals surface area (Å²) in [4.78, 5) is 29.6. The second kappa shape index (κ2) is 7.32. The number of hydrogen-bond acceptors (Lipinski definition) is 4. The van der Waals surface area contributed by atoms with Crippen molar-refractivity contribution >= 4 is 22.4 Å². The van der Waals surface area contributed by atoms with Crippen LogP contribution in [0.5, 0.6) is 5.75 Å². The van der Waals surface area contributed by atoms with Gasteiger partial charge in [-0.3, -0.25) is 18.9 Å². The molecule has 0 aliphatic rings. The molecule has 4 aromatic rings. The van der Waals surface area contributed by atoms with E-state index < -0.39 is 5.69 Å². The zero-order chi connectivity index (χ0) is 19.7. The van der Waals surface area contributed by atoms with E-state index in [0.717, 1.165) is 16.3 Å². The Labute approximate surface area is 165 Å². The van der Waals surface area contributed by atoms with Crippen LogP contribution in [0.25, 0.3) is 16.5 Å². The molecule has 0 aliphatic heterocycles. The predicted molar refractivity (Wildman–Crippen MR) is 109 cm³/mol. The molecule has 0 amide bonds. The summed E-state index contributed by atoms with van der Waals surface area (Å²) in [6.45, 7) is 0.154. The number of halogens is 1. The number of pyridine rings is 1. The van der Waals surface area contributed by atoms with Gasteiger partial charge >= 0.3 is 5.69 Å². The summed E-state index contributed by atoms with van der Waals surface area (Å²) in [6, 6.07) is 14.0. The monoisotopic (exact) mass is 393 g/mol. The Morgan fingerprint density at radius 3 is 2.54 bits per heavy atom. The number of aromatic nitrogens is 3. The number of fused-ring (bicyclic) bond motifs is 1. The maximum absolute atomic E-state index is 13.1. The molecule has 0 unspecified atom stereocenters. The van der Waals surface area contributed by atoms with Gasteiger partial charge in [-0.15, -0.1) is 0 Å². The van der Waals surface area contributed by atoms with Gasteiger partial charge in [0.1, 0.15) is 5.75 Å². The fourth-order valence-corrected chi connectivity index (χ4v) is 3.32. The first-order valence-electron chi connectivity index (χ1n) is 8.56. The fraction of sp³-hybridized carbons (Fsp3) is 0.0952. The molecule has 0 spiro atoms. The second-order valence-corrected chi connectivity index (χ2v) is 6.64. The molecular formula is C21H16ClN3O3. The molecule has 0 saturated heterocycles. The normalized spacial score (nSPS) is 10.9. The number of ether oxygens (including phenoxy) is 1. The van der Waals surface area contributed by atoms with Crippen LogP contribution in [0, 0.1) is 0 Å². The predicted octanol–water partition coefficient (Wildman–Crippen LogP) is 3.26. The molecule has 2 heterocycles. The van der Waals surface area contributed by atoms with Crippen LogP contribution in [0.3, 0.4) is 0 Å². The van der Waals surface area contributed by atoms with Gasteiger partial charge in [0.15, 0.2) is 0 Å². The minimum absolute atomic E-state index is 0.154. The van der Waals surface area contributed by atoms with E-state index in [2.05, 4.69) is 4.98 Å². The molecule has 0 fully saturated rings. The zero-order valence-electron chi connectivity index (χ0n) is 15.0. The molecule has 6 nitrogen and oxygen atoms in total. The summed E-state index contributed by atoms with van der Waals surface area (Å²) in [6.07, 6.45) is 4.70. The van der Waals surface area contributed by atoms with E-state index in [0.29, 0.717) is 16.5 Å². The van der Waals surface area contributed by atoms with E-state index in [4.69, 9.17) is 16.3 Å². The first-order valence-corrected chi connectivity index (χ1v) is 8.94. The van der Waals surface area contributed by atoms with Gasteiger partial charge < -0.3 is 4.74 Å². The average molecular weight is 394 g/mol. The molecule has 7 heteroatoms. The van der Waals surface area contributed by atoms with Gasteiger partial charge in [-0.2, -0.15) is 0 Å². The highest BCUT2D eigenvalue weighted by molar-refractivity contribution is 6.35. The third kappa shape index (κ3) is 3.18. The topological polar surface area (TPSA) is 66.1 Å². The lowest BCUT2D eigenvalue weighted by Gasteiger charge is -2.12. The Morgan fingerprint density at radius 1 is 1.00 bits per heavy atom. The van der Waals surface area contributed by atoms with Crippen LogP contribution in [0.15, 0.2) is 76.7 Å². The molecule has 0 radical (unpaired) electrons. The Bertz CT molecular complexity index is 1280. The van der Waals surface area contributed by atoms with Crippen molar-refractivity contribution < 1.29 is 4.74 Å². The second-order valence-electron chi connectivity index (χ2n) is 6.23. The molecule has 2 aromatic carbocycles. The van der Waals surface area contributed by atoms with Crippen LogP contribution in [-0.4, -0.2) is 21.2 Å². The first kappa shape index (κ1) is 18.0. The summed E-state index contributed by atoms with van der Waals surface area (Å²) in [5, 5.41) is 2.06. The largest absolute Gasteiger partial charge is 0.497 e. The highest BCUT2D eigenvalue weighted by Crippen LogP contribution is 2.26. The number of rotatable bonds is 4. The fourth-order valence-electron chi connectivity index (χ4n) is 3.09. The first-order chi connectivity index (χ1) is 13.6. The molecule has 28 heavy (non-hydrogen) atoms. The van der Waals surface area contributed by atoms with Crippen molar-refractivity contribution in [1.82, 2.24) is 14.1 Å². The summed E-state index contributed by atoms with van der Waals surface area (Å²) < 4.78 is 7.74. The van der Waals surface area contributed by atoms with Crippen molar-refractivity contribution in [3.05, 3.63) is 98.5 Å². The lowest BCUT2D eigenvalue weighted by molar-refractivity contribution is 0.414. The number of nitrogens with zero attached hydrogens (tertiary/aromatic N) is 3. The van der Waals surface area contributed by atoms with E-state index in [-0.39, 0.29) is 12.1 Å². The molecule has 0 N–H and O–H groups in total. The minimum Gasteiger partial charge on any atom is -0.497 e. The van der Waals surface area contributed by atoms with Crippen molar-refractivity contribution in [2.45, 2.75) is 6.54 Å². The summed E-state index contributed by atoms with van der Waals surface area (Å²) in [7, 11) is 1.58. The SMILES string of the molecule is COc1ccc(Cn2c(=O)ccn(-c3cncc4c(Cl)cccc34)c2=O)cc1.